The highest BCUT2D eigenvalue weighted by atomic mass is 35.5. The topological polar surface area (TPSA) is 56.3 Å². The third-order valence-electron chi connectivity index (χ3n) is 3.43. The molecule has 0 aromatic heterocycles. The number of halogens is 2. The van der Waals surface area contributed by atoms with Crippen LogP contribution in [0.5, 0.6) is 0 Å². The second-order valence-corrected chi connectivity index (χ2v) is 5.74. The van der Waals surface area contributed by atoms with Crippen molar-refractivity contribution in [2.24, 2.45) is 5.92 Å². The molecule has 0 bridgehead atoms. The summed E-state index contributed by atoms with van der Waals surface area (Å²) in [6, 6.07) is 0.0352. The van der Waals surface area contributed by atoms with Gasteiger partial charge in [-0.1, -0.05) is 43.3 Å². The Morgan fingerprint density at radius 3 is 2.75 bits per heavy atom. The van der Waals surface area contributed by atoms with Crippen LogP contribution in [0.4, 0.5) is 0 Å². The summed E-state index contributed by atoms with van der Waals surface area (Å²) in [7, 11) is 0. The van der Waals surface area contributed by atoms with Gasteiger partial charge in [0.1, 0.15) is 0 Å². The van der Waals surface area contributed by atoms with Crippen molar-refractivity contribution < 1.29 is 5.11 Å². The van der Waals surface area contributed by atoms with Crippen LogP contribution in [-0.4, -0.2) is 30.5 Å². The van der Waals surface area contributed by atoms with Crippen LogP contribution in [0.15, 0.2) is 34.9 Å². The highest BCUT2D eigenvalue weighted by Crippen LogP contribution is 2.26. The van der Waals surface area contributed by atoms with Crippen LogP contribution < -0.4 is 16.2 Å². The lowest BCUT2D eigenvalue weighted by Crippen LogP contribution is -2.53. The summed E-state index contributed by atoms with van der Waals surface area (Å²) >= 11 is 11.7. The zero-order valence-electron chi connectivity index (χ0n) is 11.8. The highest BCUT2D eigenvalue weighted by molar-refractivity contribution is 6.43. The van der Waals surface area contributed by atoms with Crippen molar-refractivity contribution in [3.63, 3.8) is 0 Å². The molecule has 3 atom stereocenters. The quantitative estimate of drug-likeness (QED) is 0.409. The number of rotatable bonds is 8. The molecule has 6 heteroatoms. The van der Waals surface area contributed by atoms with Gasteiger partial charge in [-0.25, -0.2) is 5.43 Å². The summed E-state index contributed by atoms with van der Waals surface area (Å²) in [6.07, 6.45) is 3.61. The molecule has 114 valence electrons. The van der Waals surface area contributed by atoms with Gasteiger partial charge in [-0.05, 0) is 31.0 Å². The lowest BCUT2D eigenvalue weighted by Gasteiger charge is -2.25. The van der Waals surface area contributed by atoms with Crippen LogP contribution in [0.1, 0.15) is 19.8 Å². The first-order valence-electron chi connectivity index (χ1n) is 6.75. The largest absolute Gasteiger partial charge is 0.395 e. The van der Waals surface area contributed by atoms with Gasteiger partial charge < -0.3 is 10.4 Å². The van der Waals surface area contributed by atoms with Gasteiger partial charge in [-0.3, -0.25) is 5.43 Å². The maximum Gasteiger partial charge on any atom is 0.0773 e. The monoisotopic (exact) mass is 319 g/mol. The molecule has 0 spiro atoms. The van der Waals surface area contributed by atoms with Gasteiger partial charge >= 0.3 is 0 Å². The predicted molar refractivity (Wildman–Crippen MR) is 85.4 cm³/mol. The molecule has 1 unspecified atom stereocenters. The van der Waals surface area contributed by atoms with Crippen molar-refractivity contribution in [2.45, 2.75) is 32.0 Å². The third-order valence-corrected chi connectivity index (χ3v) is 4.06. The second kappa shape index (κ2) is 8.82. The molecular weight excluding hydrogens is 297 g/mol. The first-order chi connectivity index (χ1) is 9.49. The van der Waals surface area contributed by atoms with Crippen LogP contribution in [0, 0.1) is 5.92 Å². The molecule has 1 aliphatic rings. The van der Waals surface area contributed by atoms with Gasteiger partial charge in [0.05, 0.1) is 22.8 Å². The van der Waals surface area contributed by atoms with Crippen molar-refractivity contribution in [1.29, 1.82) is 0 Å². The molecule has 0 saturated carbocycles. The van der Waals surface area contributed by atoms with E-state index in [1.54, 1.807) is 6.08 Å². The fraction of sp³-hybridized carbons (Fsp3) is 0.571. The van der Waals surface area contributed by atoms with E-state index in [9.17, 15) is 0 Å². The molecule has 1 rings (SSSR count). The molecule has 0 aliphatic carbocycles. The Morgan fingerprint density at radius 2 is 2.20 bits per heavy atom. The van der Waals surface area contributed by atoms with E-state index in [0.29, 0.717) is 10.1 Å². The third kappa shape index (κ3) is 5.20. The Labute approximate surface area is 130 Å². The summed E-state index contributed by atoms with van der Waals surface area (Å²) in [4.78, 5) is 0. The summed E-state index contributed by atoms with van der Waals surface area (Å²) in [6.45, 7) is 10.7. The number of hydrogen-bond acceptors (Lipinski definition) is 4. The fourth-order valence-corrected chi connectivity index (χ4v) is 2.28. The first-order valence-corrected chi connectivity index (χ1v) is 7.51. The number of aliphatic hydroxyl groups excluding tert-OH is 1. The standard InChI is InChI=1S/C14H23Cl2N3O/c1-4-11(8-20)18-19-14-12(5-6-17-14)9(2)7-13(16)10(3)15/h7,11-12,14,17-20H,2-6,8H2,1H3/b13-7+/t11-,12?,14-/m1/s1. The van der Waals surface area contributed by atoms with E-state index >= 15 is 0 Å². The highest BCUT2D eigenvalue weighted by Gasteiger charge is 2.28. The maximum absolute atomic E-state index is 9.16. The van der Waals surface area contributed by atoms with Crippen LogP contribution >= 0.6 is 23.2 Å². The molecule has 1 aliphatic heterocycles. The molecule has 0 aromatic rings. The van der Waals surface area contributed by atoms with Crippen molar-refractivity contribution in [2.75, 3.05) is 13.2 Å². The van der Waals surface area contributed by atoms with Gasteiger partial charge in [-0.15, -0.1) is 0 Å². The SMILES string of the molecule is C=C(Cl)/C(Cl)=C\C(=C)C1CCN[C@@H]1NN[C@H](CC)CO. The van der Waals surface area contributed by atoms with Gasteiger partial charge in [0.15, 0.2) is 0 Å². The summed E-state index contributed by atoms with van der Waals surface area (Å²) in [5.74, 6) is 0.212. The molecule has 0 radical (unpaired) electrons. The van der Waals surface area contributed by atoms with E-state index in [1.165, 1.54) is 0 Å². The molecular formula is C14H23Cl2N3O. The van der Waals surface area contributed by atoms with Crippen molar-refractivity contribution in [3.05, 3.63) is 34.9 Å². The van der Waals surface area contributed by atoms with Gasteiger partial charge in [0.2, 0.25) is 0 Å². The second-order valence-electron chi connectivity index (χ2n) is 4.88. The van der Waals surface area contributed by atoms with Gasteiger partial charge in [0.25, 0.3) is 0 Å². The van der Waals surface area contributed by atoms with Crippen molar-refractivity contribution >= 4 is 23.2 Å². The molecule has 1 saturated heterocycles. The van der Waals surface area contributed by atoms with Crippen LogP contribution in [0.25, 0.3) is 0 Å². The Kier molecular flexibility index (Phi) is 7.80. The number of hydrazine groups is 1. The van der Waals surface area contributed by atoms with Crippen LogP contribution in [-0.2, 0) is 0 Å². The van der Waals surface area contributed by atoms with Gasteiger partial charge in [-0.2, -0.15) is 0 Å². The van der Waals surface area contributed by atoms with Crippen LogP contribution in [0.3, 0.4) is 0 Å². The van der Waals surface area contributed by atoms with Crippen molar-refractivity contribution in [1.82, 2.24) is 16.2 Å². The molecule has 1 fully saturated rings. The van der Waals surface area contributed by atoms with Gasteiger partial charge in [0, 0.05) is 12.0 Å². The van der Waals surface area contributed by atoms with E-state index in [4.69, 9.17) is 28.3 Å². The molecule has 0 amide bonds. The lowest BCUT2D eigenvalue weighted by molar-refractivity contribution is 0.210. The molecule has 4 nitrogen and oxygen atoms in total. The molecule has 20 heavy (non-hydrogen) atoms. The Hall–Kier alpha value is -0.360. The first kappa shape index (κ1) is 17.7. The van der Waals surface area contributed by atoms with Crippen molar-refractivity contribution in [3.8, 4) is 0 Å². The number of hydrogen-bond donors (Lipinski definition) is 4. The summed E-state index contributed by atoms with van der Waals surface area (Å²) < 4.78 is 0. The Balaban J connectivity index is 2.58. The summed E-state index contributed by atoms with van der Waals surface area (Å²) in [5.41, 5.74) is 7.23. The van der Waals surface area contributed by atoms with E-state index in [1.807, 2.05) is 6.92 Å². The van der Waals surface area contributed by atoms with E-state index < -0.39 is 0 Å². The number of allylic oxidation sites excluding steroid dienone is 3. The molecule has 1 heterocycles. The fourth-order valence-electron chi connectivity index (χ4n) is 2.09. The smallest absolute Gasteiger partial charge is 0.0773 e. The minimum Gasteiger partial charge on any atom is -0.395 e. The maximum atomic E-state index is 9.16. The molecule has 4 N–H and O–H groups in total. The average molecular weight is 320 g/mol. The summed E-state index contributed by atoms with van der Waals surface area (Å²) in [5, 5.41) is 13.2. The molecule has 0 aromatic carbocycles. The number of nitrogens with one attached hydrogen (secondary N) is 3. The zero-order valence-corrected chi connectivity index (χ0v) is 13.3. The zero-order chi connectivity index (χ0) is 15.1. The normalized spacial score (nSPS) is 24.7. The van der Waals surface area contributed by atoms with E-state index in [-0.39, 0.29) is 24.7 Å². The minimum atomic E-state index is 0.0352. The number of aliphatic hydroxyl groups is 1. The minimum absolute atomic E-state index is 0.0352. The van der Waals surface area contributed by atoms with E-state index in [2.05, 4.69) is 29.3 Å². The Bertz CT molecular complexity index is 381. The van der Waals surface area contributed by atoms with Crippen LogP contribution in [0.2, 0.25) is 0 Å². The Morgan fingerprint density at radius 1 is 1.50 bits per heavy atom. The average Bonchev–Trinajstić information content (AvgIpc) is 2.88. The lowest BCUT2D eigenvalue weighted by atomic mass is 9.96. The predicted octanol–water partition coefficient (Wildman–Crippen LogP) is 2.22. The van der Waals surface area contributed by atoms with E-state index in [0.717, 1.165) is 25.0 Å².